The highest BCUT2D eigenvalue weighted by Crippen LogP contribution is 2.27. The zero-order valence-corrected chi connectivity index (χ0v) is 7.26. The van der Waals surface area contributed by atoms with Crippen LogP contribution in [-0.4, -0.2) is 16.6 Å². The van der Waals surface area contributed by atoms with Crippen LogP contribution in [0.15, 0.2) is 29.2 Å². The molecule has 3 nitrogen and oxygen atoms in total. The third-order valence-electron chi connectivity index (χ3n) is 1.83. The van der Waals surface area contributed by atoms with Crippen LogP contribution in [-0.2, 0) is 9.73 Å². The maximum Gasteiger partial charge on any atom is 0.136 e. The van der Waals surface area contributed by atoms with Gasteiger partial charge in [-0.15, -0.1) is 0 Å². The number of rotatable bonds is 0. The van der Waals surface area contributed by atoms with Crippen molar-refractivity contribution in [3.05, 3.63) is 24.3 Å². The summed E-state index contributed by atoms with van der Waals surface area (Å²) in [6.45, 7) is 0.388. The molecule has 1 heterocycles. The molecule has 0 bridgehead atoms. The van der Waals surface area contributed by atoms with Gasteiger partial charge < -0.3 is 4.74 Å². The summed E-state index contributed by atoms with van der Waals surface area (Å²) in [5.41, 5.74) is 0. The minimum Gasteiger partial charge on any atom is -0.491 e. The average Bonchev–Trinajstić information content (AvgIpc) is 2.04. The fraction of sp³-hybridized carbons (Fsp3) is 0.250. The first kappa shape index (κ1) is 7.61. The number of hydrogen-bond donors (Lipinski definition) is 1. The second-order valence-electron chi connectivity index (χ2n) is 2.67. The number of ether oxygens (including phenoxy) is 1. The summed E-state index contributed by atoms with van der Waals surface area (Å²) in [6.07, 6.45) is 0. The van der Waals surface area contributed by atoms with Crippen molar-refractivity contribution in [1.82, 2.24) is 0 Å². The van der Waals surface area contributed by atoms with E-state index in [4.69, 9.17) is 9.52 Å². The lowest BCUT2D eigenvalue weighted by Crippen LogP contribution is -2.19. The molecule has 0 fully saturated rings. The van der Waals surface area contributed by atoms with Crippen molar-refractivity contribution in [1.29, 1.82) is 4.78 Å². The lowest BCUT2D eigenvalue weighted by atomic mass is 10.3. The van der Waals surface area contributed by atoms with Gasteiger partial charge >= 0.3 is 0 Å². The zero-order chi connectivity index (χ0) is 8.60. The van der Waals surface area contributed by atoms with Crippen LogP contribution in [0.1, 0.15) is 0 Å². The first-order chi connectivity index (χ1) is 5.70. The molecule has 0 saturated heterocycles. The number of hydrogen-bond acceptors (Lipinski definition) is 3. The van der Waals surface area contributed by atoms with Gasteiger partial charge in [-0.05, 0) is 12.1 Å². The Balaban J connectivity index is 2.67. The van der Waals surface area contributed by atoms with E-state index < -0.39 is 9.73 Å². The summed E-state index contributed by atoms with van der Waals surface area (Å²) in [7, 11) is -2.57. The topological polar surface area (TPSA) is 50.2 Å². The van der Waals surface area contributed by atoms with E-state index in [2.05, 4.69) is 0 Å². The fourth-order valence-corrected chi connectivity index (χ4v) is 2.51. The van der Waals surface area contributed by atoms with Crippen LogP contribution in [0.3, 0.4) is 0 Å². The average molecular weight is 183 g/mol. The van der Waals surface area contributed by atoms with Crippen LogP contribution in [0.2, 0.25) is 0 Å². The highest BCUT2D eigenvalue weighted by Gasteiger charge is 2.20. The van der Waals surface area contributed by atoms with Crippen LogP contribution in [0.5, 0.6) is 5.75 Å². The van der Waals surface area contributed by atoms with Gasteiger partial charge in [-0.3, -0.25) is 0 Å². The summed E-state index contributed by atoms with van der Waals surface area (Å²) >= 11 is 0. The molecule has 1 aromatic carbocycles. The van der Waals surface area contributed by atoms with Crippen LogP contribution in [0.4, 0.5) is 0 Å². The first-order valence-corrected chi connectivity index (χ1v) is 5.41. The summed E-state index contributed by atoms with van der Waals surface area (Å²) in [4.78, 5) is 0.538. The molecule has 0 amide bonds. The molecule has 0 aromatic heterocycles. The van der Waals surface area contributed by atoms with Crippen LogP contribution < -0.4 is 4.74 Å². The second-order valence-corrected chi connectivity index (χ2v) is 4.87. The molecular weight excluding hydrogens is 174 g/mol. The lowest BCUT2D eigenvalue weighted by molar-refractivity contribution is 0.325. The molecule has 0 aliphatic carbocycles. The smallest absolute Gasteiger partial charge is 0.136 e. The Labute approximate surface area is 71.3 Å². The fourth-order valence-electron chi connectivity index (χ4n) is 1.22. The molecule has 4 heteroatoms. The van der Waals surface area contributed by atoms with E-state index in [9.17, 15) is 4.21 Å². The third-order valence-corrected chi connectivity index (χ3v) is 3.62. The van der Waals surface area contributed by atoms with Gasteiger partial charge in [0.15, 0.2) is 0 Å². The van der Waals surface area contributed by atoms with Gasteiger partial charge in [-0.2, -0.15) is 0 Å². The van der Waals surface area contributed by atoms with Gasteiger partial charge in [-0.1, -0.05) is 12.1 Å². The molecule has 1 N–H and O–H groups in total. The monoisotopic (exact) mass is 183 g/mol. The quantitative estimate of drug-likeness (QED) is 0.662. The normalized spacial score (nSPS) is 27.3. The van der Waals surface area contributed by atoms with Gasteiger partial charge in [0, 0.05) is 0 Å². The standard InChI is InChI=1S/C8H9NO2S/c9-12(10)6-5-11-7-3-1-2-4-8(7)12/h1-4,9H,5-6H2. The number of fused-ring (bicyclic) bond motifs is 1. The summed E-state index contributed by atoms with van der Waals surface area (Å²) in [5.74, 6) is 0.910. The minimum atomic E-state index is -2.57. The van der Waals surface area contributed by atoms with E-state index in [1.165, 1.54) is 0 Å². The summed E-state index contributed by atoms with van der Waals surface area (Å²) in [6, 6.07) is 7.05. The van der Waals surface area contributed by atoms with E-state index in [0.717, 1.165) is 0 Å². The Morgan fingerprint density at radius 3 is 2.92 bits per heavy atom. The van der Waals surface area contributed by atoms with E-state index in [0.29, 0.717) is 23.0 Å². The van der Waals surface area contributed by atoms with Gasteiger partial charge in [0.1, 0.15) is 12.4 Å². The Bertz CT molecular complexity index is 397. The molecule has 0 spiro atoms. The Hall–Kier alpha value is -1.03. The SMILES string of the molecule is N=S1(=O)CCOc2ccccc21. The zero-order valence-electron chi connectivity index (χ0n) is 6.45. The van der Waals surface area contributed by atoms with Crippen molar-refractivity contribution in [2.24, 2.45) is 0 Å². The van der Waals surface area contributed by atoms with Crippen molar-refractivity contribution in [3.8, 4) is 5.75 Å². The molecule has 2 rings (SSSR count). The van der Waals surface area contributed by atoms with E-state index in [-0.39, 0.29) is 0 Å². The van der Waals surface area contributed by atoms with Gasteiger partial charge in [0.05, 0.1) is 20.4 Å². The molecule has 0 radical (unpaired) electrons. The predicted octanol–water partition coefficient (Wildman–Crippen LogP) is 1.48. The van der Waals surface area contributed by atoms with Gasteiger partial charge in [-0.25, -0.2) is 8.99 Å². The van der Waals surface area contributed by atoms with Gasteiger partial charge in [0.2, 0.25) is 0 Å². The van der Waals surface area contributed by atoms with Gasteiger partial charge in [0.25, 0.3) is 0 Å². The largest absolute Gasteiger partial charge is 0.491 e. The molecule has 1 aliphatic rings. The maximum atomic E-state index is 11.6. The summed E-state index contributed by atoms with van der Waals surface area (Å²) in [5, 5.41) is 0. The molecule has 1 aromatic rings. The molecule has 1 atom stereocenters. The van der Waals surface area contributed by atoms with Crippen molar-refractivity contribution < 1.29 is 8.95 Å². The summed E-state index contributed by atoms with van der Waals surface area (Å²) < 4.78 is 24.4. The van der Waals surface area contributed by atoms with Crippen LogP contribution in [0.25, 0.3) is 0 Å². The molecule has 0 saturated carbocycles. The minimum absolute atomic E-state index is 0.310. The second kappa shape index (κ2) is 2.48. The molecule has 64 valence electrons. The Kier molecular flexibility index (Phi) is 1.58. The first-order valence-electron chi connectivity index (χ1n) is 3.68. The Morgan fingerprint density at radius 2 is 2.17 bits per heavy atom. The lowest BCUT2D eigenvalue weighted by Gasteiger charge is -2.18. The van der Waals surface area contributed by atoms with Crippen LogP contribution >= 0.6 is 0 Å². The van der Waals surface area contributed by atoms with Crippen molar-refractivity contribution >= 4 is 9.73 Å². The molecule has 12 heavy (non-hydrogen) atoms. The van der Waals surface area contributed by atoms with Crippen molar-refractivity contribution in [3.63, 3.8) is 0 Å². The highest BCUT2D eigenvalue weighted by atomic mass is 32.2. The van der Waals surface area contributed by atoms with E-state index >= 15 is 0 Å². The number of benzene rings is 1. The third kappa shape index (κ3) is 1.08. The molecular formula is C8H9NO2S. The number of para-hydroxylation sites is 1. The Morgan fingerprint density at radius 1 is 1.42 bits per heavy atom. The molecule has 1 aliphatic heterocycles. The van der Waals surface area contributed by atoms with E-state index in [1.54, 1.807) is 18.2 Å². The van der Waals surface area contributed by atoms with Crippen molar-refractivity contribution in [2.45, 2.75) is 4.90 Å². The van der Waals surface area contributed by atoms with E-state index in [1.807, 2.05) is 6.07 Å². The predicted molar refractivity (Wildman–Crippen MR) is 45.9 cm³/mol. The maximum absolute atomic E-state index is 11.6. The van der Waals surface area contributed by atoms with Crippen LogP contribution in [0, 0.1) is 4.78 Å². The van der Waals surface area contributed by atoms with Crippen molar-refractivity contribution in [2.75, 3.05) is 12.4 Å². The highest BCUT2D eigenvalue weighted by molar-refractivity contribution is 7.92. The number of nitrogens with one attached hydrogen (secondary N) is 1. The molecule has 1 unspecified atom stereocenters.